The second-order valence-corrected chi connectivity index (χ2v) is 2.44. The van der Waals surface area contributed by atoms with Crippen LogP contribution in [0.2, 0.25) is 0 Å². The van der Waals surface area contributed by atoms with E-state index in [1.54, 1.807) is 6.07 Å². The van der Waals surface area contributed by atoms with Crippen molar-refractivity contribution in [3.05, 3.63) is 23.2 Å². The van der Waals surface area contributed by atoms with Gasteiger partial charge in [-0.25, -0.2) is 9.83 Å². The maximum absolute atomic E-state index is 6.93. The number of methoxy groups -OCH3 is 2. The molecule has 1 aromatic heterocycles. The first-order chi connectivity index (χ1) is 6.22. The monoisotopic (exact) mass is 178 g/mol. The average molecular weight is 178 g/mol. The Morgan fingerprint density at radius 2 is 2.08 bits per heavy atom. The number of ether oxygens (including phenoxy) is 2. The van der Waals surface area contributed by atoms with Crippen molar-refractivity contribution >= 4 is 5.69 Å². The second-order valence-electron chi connectivity index (χ2n) is 2.44. The van der Waals surface area contributed by atoms with Gasteiger partial charge < -0.3 is 9.47 Å². The molecule has 0 fully saturated rings. The molecular weight excluding hydrogens is 168 g/mol. The molecule has 0 radical (unpaired) electrons. The zero-order valence-electron chi connectivity index (χ0n) is 7.79. The highest BCUT2D eigenvalue weighted by Crippen LogP contribution is 2.35. The van der Waals surface area contributed by atoms with Crippen molar-refractivity contribution in [2.45, 2.75) is 6.92 Å². The first-order valence-electron chi connectivity index (χ1n) is 3.70. The molecule has 0 atom stereocenters. The molecule has 4 heteroatoms. The van der Waals surface area contributed by atoms with Crippen LogP contribution in [0.3, 0.4) is 0 Å². The van der Waals surface area contributed by atoms with Crippen LogP contribution < -0.4 is 9.47 Å². The van der Waals surface area contributed by atoms with Gasteiger partial charge in [-0.15, -0.1) is 0 Å². The largest absolute Gasteiger partial charge is 0.508 e. The van der Waals surface area contributed by atoms with E-state index in [1.807, 2.05) is 6.92 Å². The predicted molar refractivity (Wildman–Crippen MR) is 48.3 cm³/mol. The molecule has 4 nitrogen and oxygen atoms in total. The van der Waals surface area contributed by atoms with E-state index in [0.29, 0.717) is 17.3 Å². The highest BCUT2D eigenvalue weighted by molar-refractivity contribution is 5.64. The maximum Gasteiger partial charge on any atom is 0.287 e. The second kappa shape index (κ2) is 3.76. The fourth-order valence-electron chi connectivity index (χ4n) is 1.01. The quantitative estimate of drug-likeness (QED) is 0.649. The van der Waals surface area contributed by atoms with Crippen molar-refractivity contribution in [3.8, 4) is 11.6 Å². The van der Waals surface area contributed by atoms with Crippen molar-refractivity contribution in [1.29, 1.82) is 0 Å². The van der Waals surface area contributed by atoms with Gasteiger partial charge in [-0.3, -0.25) is 0 Å². The molecule has 0 saturated carbocycles. The van der Waals surface area contributed by atoms with Gasteiger partial charge in [0.25, 0.3) is 5.69 Å². The molecule has 0 saturated heterocycles. The number of aryl methyl sites for hydroxylation is 1. The lowest BCUT2D eigenvalue weighted by molar-refractivity contribution is 0.386. The summed E-state index contributed by atoms with van der Waals surface area (Å²) in [7, 11) is 3.00. The molecule has 0 aliphatic rings. The SMILES string of the molecule is [C-]#[N+]c1c(OC)cc(C)nc1OC. The van der Waals surface area contributed by atoms with E-state index in [1.165, 1.54) is 14.2 Å². The number of nitrogens with zero attached hydrogens (tertiary/aromatic N) is 2. The van der Waals surface area contributed by atoms with Crippen LogP contribution in [0, 0.1) is 13.5 Å². The third-order valence-electron chi connectivity index (χ3n) is 1.58. The van der Waals surface area contributed by atoms with Gasteiger partial charge in [-0.1, -0.05) is 0 Å². The smallest absolute Gasteiger partial charge is 0.287 e. The van der Waals surface area contributed by atoms with Crippen molar-refractivity contribution in [2.75, 3.05) is 14.2 Å². The fourth-order valence-corrected chi connectivity index (χ4v) is 1.01. The lowest BCUT2D eigenvalue weighted by atomic mass is 10.3. The maximum atomic E-state index is 6.93. The molecule has 0 amide bonds. The summed E-state index contributed by atoms with van der Waals surface area (Å²) >= 11 is 0. The standard InChI is InChI=1S/C9H10N2O2/c1-6-5-7(12-3)8(10-2)9(11-6)13-4/h5H,1,3-4H3. The normalized spacial score (nSPS) is 9.08. The summed E-state index contributed by atoms with van der Waals surface area (Å²) in [6.07, 6.45) is 0. The van der Waals surface area contributed by atoms with Gasteiger partial charge in [0.1, 0.15) is 5.75 Å². The lowest BCUT2D eigenvalue weighted by Crippen LogP contribution is -1.93. The van der Waals surface area contributed by atoms with Crippen LogP contribution in [0.1, 0.15) is 5.69 Å². The van der Waals surface area contributed by atoms with Gasteiger partial charge in [-0.05, 0) is 13.0 Å². The summed E-state index contributed by atoms with van der Waals surface area (Å²) in [5, 5.41) is 0. The van der Waals surface area contributed by atoms with Crippen LogP contribution in [0.15, 0.2) is 6.07 Å². The minimum Gasteiger partial charge on any atom is -0.508 e. The van der Waals surface area contributed by atoms with E-state index in [4.69, 9.17) is 16.0 Å². The van der Waals surface area contributed by atoms with Crippen LogP contribution in [0.25, 0.3) is 4.85 Å². The minimum atomic E-state index is 0.312. The van der Waals surface area contributed by atoms with Crippen molar-refractivity contribution < 1.29 is 9.47 Å². The molecule has 0 unspecified atom stereocenters. The van der Waals surface area contributed by atoms with Gasteiger partial charge in [0.05, 0.1) is 20.8 Å². The molecular formula is C9H10N2O2. The fraction of sp³-hybridized carbons (Fsp3) is 0.333. The first-order valence-corrected chi connectivity index (χ1v) is 3.70. The predicted octanol–water partition coefficient (Wildman–Crippen LogP) is 1.96. The molecule has 1 rings (SSSR count). The average Bonchev–Trinajstić information content (AvgIpc) is 2.16. The van der Waals surface area contributed by atoms with Gasteiger partial charge in [0, 0.05) is 5.69 Å². The number of hydrogen-bond acceptors (Lipinski definition) is 3. The summed E-state index contributed by atoms with van der Waals surface area (Å²) in [6.45, 7) is 8.75. The Balaban J connectivity index is 3.36. The Morgan fingerprint density at radius 3 is 2.54 bits per heavy atom. The van der Waals surface area contributed by atoms with E-state index >= 15 is 0 Å². The Kier molecular flexibility index (Phi) is 2.70. The highest BCUT2D eigenvalue weighted by Gasteiger charge is 2.12. The number of hydrogen-bond donors (Lipinski definition) is 0. The van der Waals surface area contributed by atoms with Gasteiger partial charge >= 0.3 is 0 Å². The third kappa shape index (κ3) is 1.70. The van der Waals surface area contributed by atoms with E-state index < -0.39 is 0 Å². The van der Waals surface area contributed by atoms with Crippen LogP contribution in [0.4, 0.5) is 5.69 Å². The van der Waals surface area contributed by atoms with Crippen molar-refractivity contribution in [2.24, 2.45) is 0 Å². The molecule has 68 valence electrons. The van der Waals surface area contributed by atoms with Crippen molar-refractivity contribution in [3.63, 3.8) is 0 Å². The number of pyridine rings is 1. The van der Waals surface area contributed by atoms with Gasteiger partial charge in [0.2, 0.25) is 5.88 Å². The molecule has 0 N–H and O–H groups in total. The Hall–Kier alpha value is -1.76. The summed E-state index contributed by atoms with van der Waals surface area (Å²) in [6, 6.07) is 1.70. The summed E-state index contributed by atoms with van der Waals surface area (Å²) in [5.74, 6) is 0.811. The van der Waals surface area contributed by atoms with Crippen LogP contribution in [-0.4, -0.2) is 19.2 Å². The molecule has 0 spiro atoms. The Bertz CT molecular complexity index is 330. The lowest BCUT2D eigenvalue weighted by Gasteiger charge is -2.07. The van der Waals surface area contributed by atoms with Crippen LogP contribution in [0.5, 0.6) is 11.6 Å². The summed E-state index contributed by atoms with van der Waals surface area (Å²) in [4.78, 5) is 7.35. The van der Waals surface area contributed by atoms with E-state index in [9.17, 15) is 0 Å². The van der Waals surface area contributed by atoms with Crippen LogP contribution >= 0.6 is 0 Å². The molecule has 1 heterocycles. The first kappa shape index (κ1) is 9.33. The summed E-state index contributed by atoms with van der Waals surface area (Å²) < 4.78 is 9.98. The molecule has 0 aromatic carbocycles. The molecule has 0 bridgehead atoms. The highest BCUT2D eigenvalue weighted by atomic mass is 16.5. The van der Waals surface area contributed by atoms with Crippen molar-refractivity contribution in [1.82, 2.24) is 4.98 Å². The third-order valence-corrected chi connectivity index (χ3v) is 1.58. The Morgan fingerprint density at radius 1 is 1.38 bits per heavy atom. The van der Waals surface area contributed by atoms with E-state index in [0.717, 1.165) is 5.69 Å². The van der Waals surface area contributed by atoms with Gasteiger partial charge in [0.15, 0.2) is 0 Å². The summed E-state index contributed by atoms with van der Waals surface area (Å²) in [5.41, 5.74) is 1.08. The Labute approximate surface area is 76.9 Å². The van der Waals surface area contributed by atoms with Crippen LogP contribution in [-0.2, 0) is 0 Å². The zero-order chi connectivity index (χ0) is 9.84. The zero-order valence-corrected chi connectivity index (χ0v) is 7.79. The van der Waals surface area contributed by atoms with E-state index in [-0.39, 0.29) is 0 Å². The number of rotatable bonds is 2. The topological polar surface area (TPSA) is 35.7 Å². The number of aromatic nitrogens is 1. The molecule has 13 heavy (non-hydrogen) atoms. The van der Waals surface area contributed by atoms with Gasteiger partial charge in [-0.2, -0.15) is 0 Å². The molecule has 0 aliphatic carbocycles. The molecule has 0 aliphatic heterocycles. The molecule has 1 aromatic rings. The van der Waals surface area contributed by atoms with E-state index in [2.05, 4.69) is 9.83 Å². The minimum absolute atomic E-state index is 0.312.